The van der Waals surface area contributed by atoms with Gasteiger partial charge in [0, 0.05) is 5.69 Å². The maximum atomic E-state index is 12.5. The van der Waals surface area contributed by atoms with Crippen LogP contribution < -0.4 is 16.1 Å². The lowest BCUT2D eigenvalue weighted by atomic mass is 9.65. The summed E-state index contributed by atoms with van der Waals surface area (Å²) in [5.41, 5.74) is 8.85. The molecule has 1 spiro atoms. The number of carbonyl (C=O) groups is 3. The van der Waals surface area contributed by atoms with Crippen LogP contribution in [0.3, 0.4) is 0 Å². The lowest BCUT2D eigenvalue weighted by Crippen LogP contribution is -2.40. The molecule has 9 heteroatoms. The number of nitrogens with zero attached hydrogens (tertiary/aromatic N) is 2. The number of benzene rings is 2. The first-order valence-corrected chi connectivity index (χ1v) is 11.5. The van der Waals surface area contributed by atoms with Gasteiger partial charge in [-0.25, -0.2) is 4.79 Å². The number of aryl methyl sites for hydroxylation is 2. The van der Waals surface area contributed by atoms with Crippen molar-refractivity contribution in [1.29, 1.82) is 5.26 Å². The molecule has 3 N–H and O–H groups in total. The number of hydrogen-bond donors (Lipinski definition) is 3. The zero-order chi connectivity index (χ0) is 25.2. The van der Waals surface area contributed by atoms with Gasteiger partial charge in [0.05, 0.1) is 17.7 Å². The predicted octanol–water partition coefficient (Wildman–Crippen LogP) is 3.83. The summed E-state index contributed by atoms with van der Waals surface area (Å²) in [5, 5.41) is 18.0. The van der Waals surface area contributed by atoms with Crippen LogP contribution in [-0.2, 0) is 26.2 Å². The van der Waals surface area contributed by atoms with Crippen LogP contribution >= 0.6 is 0 Å². The number of imide groups is 1. The monoisotopic (exact) mass is 473 g/mol. The summed E-state index contributed by atoms with van der Waals surface area (Å²) < 4.78 is 4.64. The molecule has 0 unspecified atom stereocenters. The minimum absolute atomic E-state index is 0.0998. The predicted molar refractivity (Wildman–Crippen MR) is 131 cm³/mol. The van der Waals surface area contributed by atoms with Crippen molar-refractivity contribution in [2.24, 2.45) is 5.10 Å². The van der Waals surface area contributed by atoms with Crippen molar-refractivity contribution in [2.75, 3.05) is 17.3 Å². The molecule has 35 heavy (non-hydrogen) atoms. The highest BCUT2D eigenvalue weighted by molar-refractivity contribution is 6.46. The van der Waals surface area contributed by atoms with Gasteiger partial charge in [0.1, 0.15) is 6.07 Å². The third-order valence-electron chi connectivity index (χ3n) is 6.68. The molecule has 1 fully saturated rings. The molecule has 0 aromatic heterocycles. The molecule has 1 heterocycles. The molecule has 0 atom stereocenters. The minimum Gasteiger partial charge on any atom is -0.450 e. The number of alkyl carbamates (subject to hydrolysis) is 1. The molecular formula is C26H27N5O4. The summed E-state index contributed by atoms with van der Waals surface area (Å²) in [5.74, 6) is -0.829. The Morgan fingerprint density at radius 1 is 1.20 bits per heavy atom. The number of nitrogens with one attached hydrogen (secondary N) is 3. The van der Waals surface area contributed by atoms with Crippen LogP contribution in [0.1, 0.15) is 54.0 Å². The molecule has 2 aromatic carbocycles. The molecule has 3 amide bonds. The van der Waals surface area contributed by atoms with Crippen LogP contribution in [0.15, 0.2) is 35.4 Å². The van der Waals surface area contributed by atoms with Crippen LogP contribution in [0.25, 0.3) is 0 Å². The lowest BCUT2D eigenvalue weighted by Gasteiger charge is -2.36. The smallest absolute Gasteiger partial charge is 0.414 e. The first-order valence-electron chi connectivity index (χ1n) is 11.5. The molecule has 4 rings (SSSR count). The molecule has 2 aromatic rings. The highest BCUT2D eigenvalue weighted by atomic mass is 16.5. The molecule has 2 aliphatic rings. The summed E-state index contributed by atoms with van der Waals surface area (Å²) in [6.07, 6.45) is 2.65. The van der Waals surface area contributed by atoms with E-state index in [4.69, 9.17) is 0 Å². The zero-order valence-corrected chi connectivity index (χ0v) is 19.9. The number of ether oxygens (including phenoxy) is 1. The average Bonchev–Trinajstić information content (AvgIpc) is 3.08. The van der Waals surface area contributed by atoms with E-state index >= 15 is 0 Å². The van der Waals surface area contributed by atoms with Gasteiger partial charge < -0.3 is 10.1 Å². The van der Waals surface area contributed by atoms with E-state index in [1.807, 2.05) is 43.4 Å². The zero-order valence-electron chi connectivity index (χ0n) is 19.9. The molecule has 9 nitrogen and oxygen atoms in total. The molecule has 0 bridgehead atoms. The number of hydrazone groups is 1. The molecule has 180 valence electrons. The standard InChI is InChI=1S/C26H27N5O4/c1-4-35-25(34)29-23(32)22(14-27)31-30-18-10-15(2)19(16(3)11-18)12-17-6-7-21-20(13-17)26(8-5-9-26)24(33)28-21/h6-7,10-11,13,30H,4-5,8-9,12H2,1-3H3,(H,28,33)(H,29,32,34). The molecule has 1 saturated carbocycles. The Morgan fingerprint density at radius 3 is 2.51 bits per heavy atom. The van der Waals surface area contributed by atoms with Gasteiger partial charge >= 0.3 is 6.09 Å². The van der Waals surface area contributed by atoms with E-state index in [2.05, 4.69) is 26.6 Å². The quantitative estimate of drug-likeness (QED) is 0.431. The van der Waals surface area contributed by atoms with Gasteiger partial charge in [0.25, 0.3) is 5.91 Å². The van der Waals surface area contributed by atoms with E-state index < -0.39 is 17.7 Å². The van der Waals surface area contributed by atoms with Crippen LogP contribution in [-0.4, -0.2) is 30.2 Å². The highest BCUT2D eigenvalue weighted by Crippen LogP contribution is 2.51. The molecule has 1 aliphatic carbocycles. The van der Waals surface area contributed by atoms with E-state index in [1.165, 1.54) is 0 Å². The van der Waals surface area contributed by atoms with Crippen LogP contribution in [0.5, 0.6) is 0 Å². The number of carbonyl (C=O) groups excluding carboxylic acids is 3. The van der Waals surface area contributed by atoms with Gasteiger partial charge in [0.2, 0.25) is 11.6 Å². The number of rotatable bonds is 6. The third kappa shape index (κ3) is 4.60. The summed E-state index contributed by atoms with van der Waals surface area (Å²) in [7, 11) is 0. The fourth-order valence-electron chi connectivity index (χ4n) is 4.70. The van der Waals surface area contributed by atoms with Crippen LogP contribution in [0.2, 0.25) is 0 Å². The van der Waals surface area contributed by atoms with Crippen molar-refractivity contribution in [1.82, 2.24) is 5.32 Å². The number of anilines is 2. The van der Waals surface area contributed by atoms with Crippen molar-refractivity contribution in [3.8, 4) is 6.07 Å². The maximum absolute atomic E-state index is 12.5. The Kier molecular flexibility index (Phi) is 6.56. The van der Waals surface area contributed by atoms with E-state index in [9.17, 15) is 19.6 Å². The fraction of sp³-hybridized carbons (Fsp3) is 0.346. The first kappa shape index (κ1) is 24.0. The van der Waals surface area contributed by atoms with Crippen molar-refractivity contribution >= 4 is 35.0 Å². The van der Waals surface area contributed by atoms with Gasteiger partial charge in [-0.15, -0.1) is 0 Å². The van der Waals surface area contributed by atoms with E-state index in [0.717, 1.165) is 52.8 Å². The number of amides is 3. The largest absolute Gasteiger partial charge is 0.450 e. The normalized spacial score (nSPS) is 15.5. The van der Waals surface area contributed by atoms with Crippen LogP contribution in [0, 0.1) is 25.2 Å². The Bertz CT molecular complexity index is 1260. The maximum Gasteiger partial charge on any atom is 0.414 e. The van der Waals surface area contributed by atoms with Gasteiger partial charge in [-0.1, -0.05) is 18.6 Å². The molecule has 0 radical (unpaired) electrons. The Labute approximate surface area is 203 Å². The minimum atomic E-state index is -0.947. The third-order valence-corrected chi connectivity index (χ3v) is 6.68. The number of hydrogen-bond acceptors (Lipinski definition) is 7. The summed E-state index contributed by atoms with van der Waals surface area (Å²) in [6.45, 7) is 5.68. The highest BCUT2D eigenvalue weighted by Gasteiger charge is 2.50. The van der Waals surface area contributed by atoms with E-state index in [-0.39, 0.29) is 17.9 Å². The summed E-state index contributed by atoms with van der Waals surface area (Å²) in [6, 6.07) is 11.6. The molecular weight excluding hydrogens is 446 g/mol. The van der Waals surface area contributed by atoms with Crippen molar-refractivity contribution < 1.29 is 19.1 Å². The Hall–Kier alpha value is -4.19. The number of nitriles is 1. The second-order valence-corrected chi connectivity index (χ2v) is 8.89. The fourth-order valence-corrected chi connectivity index (χ4v) is 4.70. The topological polar surface area (TPSA) is 133 Å². The SMILES string of the molecule is CCOC(=O)NC(=O)C(C#N)=NNc1cc(C)c(Cc2ccc3c(c2)C2(CCC2)C(=O)N3)c(C)c1. The Balaban J connectivity index is 1.50. The second-order valence-electron chi connectivity index (χ2n) is 8.89. The van der Waals surface area contributed by atoms with Gasteiger partial charge in [-0.3, -0.25) is 20.3 Å². The van der Waals surface area contributed by atoms with E-state index in [0.29, 0.717) is 12.1 Å². The average molecular weight is 474 g/mol. The first-order chi connectivity index (χ1) is 16.8. The van der Waals surface area contributed by atoms with E-state index in [1.54, 1.807) is 13.0 Å². The number of fused-ring (bicyclic) bond motifs is 2. The van der Waals surface area contributed by atoms with Crippen molar-refractivity contribution in [2.45, 2.75) is 51.9 Å². The molecule has 0 saturated heterocycles. The van der Waals surface area contributed by atoms with Gasteiger partial charge in [-0.05, 0) is 86.1 Å². The molecule has 1 aliphatic heterocycles. The summed E-state index contributed by atoms with van der Waals surface area (Å²) >= 11 is 0. The Morgan fingerprint density at radius 2 is 1.91 bits per heavy atom. The van der Waals surface area contributed by atoms with Crippen LogP contribution in [0.4, 0.5) is 16.2 Å². The summed E-state index contributed by atoms with van der Waals surface area (Å²) in [4.78, 5) is 35.9. The van der Waals surface area contributed by atoms with Crippen molar-refractivity contribution in [3.05, 3.63) is 58.1 Å². The van der Waals surface area contributed by atoms with Gasteiger partial charge in [0.15, 0.2) is 0 Å². The van der Waals surface area contributed by atoms with Gasteiger partial charge in [-0.2, -0.15) is 10.4 Å². The lowest BCUT2D eigenvalue weighted by molar-refractivity contribution is -0.123. The second kappa shape index (κ2) is 9.58. The van der Waals surface area contributed by atoms with Crippen molar-refractivity contribution in [3.63, 3.8) is 0 Å².